The van der Waals surface area contributed by atoms with Gasteiger partial charge in [-0.2, -0.15) is 0 Å². The number of benzene rings is 2. The highest BCUT2D eigenvalue weighted by atomic mass is 32.2. The highest BCUT2D eigenvalue weighted by Gasteiger charge is 2.25. The summed E-state index contributed by atoms with van der Waals surface area (Å²) in [6.45, 7) is 4.09. The van der Waals surface area contributed by atoms with E-state index in [0.29, 0.717) is 5.92 Å². The number of ether oxygens (including phenoxy) is 1. The lowest BCUT2D eigenvalue weighted by molar-refractivity contribution is 0.0601. The topological polar surface area (TPSA) is 63.7 Å². The monoisotopic (exact) mass is 347 g/mol. The van der Waals surface area contributed by atoms with Crippen LogP contribution in [0, 0.1) is 0 Å². The average Bonchev–Trinajstić information content (AvgIpc) is 2.60. The average molecular weight is 347 g/mol. The summed E-state index contributed by atoms with van der Waals surface area (Å²) in [4.78, 5) is 12.1. The van der Waals surface area contributed by atoms with Crippen molar-refractivity contribution in [1.82, 2.24) is 0 Å². The molecule has 0 spiro atoms. The number of para-hydroxylation sites is 1. The minimum atomic E-state index is -3.77. The van der Waals surface area contributed by atoms with E-state index >= 15 is 0 Å². The van der Waals surface area contributed by atoms with E-state index in [9.17, 15) is 13.2 Å². The number of hydrogen-bond donors (Lipinski definition) is 0. The van der Waals surface area contributed by atoms with Gasteiger partial charge < -0.3 is 4.74 Å². The van der Waals surface area contributed by atoms with Crippen LogP contribution in [0.3, 0.4) is 0 Å². The van der Waals surface area contributed by atoms with Gasteiger partial charge in [0.25, 0.3) is 10.0 Å². The Morgan fingerprint density at radius 2 is 1.62 bits per heavy atom. The zero-order valence-corrected chi connectivity index (χ0v) is 15.0. The van der Waals surface area contributed by atoms with E-state index in [0.717, 1.165) is 9.87 Å². The van der Waals surface area contributed by atoms with E-state index in [2.05, 4.69) is 0 Å². The maximum Gasteiger partial charge on any atom is 0.340 e. The van der Waals surface area contributed by atoms with Gasteiger partial charge in [0.05, 0.1) is 23.3 Å². The van der Waals surface area contributed by atoms with Gasteiger partial charge in [0.15, 0.2) is 0 Å². The summed E-state index contributed by atoms with van der Waals surface area (Å²) in [5, 5.41) is 0. The Labute approximate surface area is 142 Å². The fourth-order valence-electron chi connectivity index (χ4n) is 2.34. The Morgan fingerprint density at radius 3 is 2.17 bits per heavy atom. The quantitative estimate of drug-likeness (QED) is 0.778. The Kier molecular flexibility index (Phi) is 5.29. The highest BCUT2D eigenvalue weighted by molar-refractivity contribution is 7.92. The van der Waals surface area contributed by atoms with Crippen molar-refractivity contribution in [2.24, 2.45) is 0 Å². The zero-order valence-electron chi connectivity index (χ0n) is 14.2. The van der Waals surface area contributed by atoms with E-state index in [1.165, 1.54) is 20.2 Å². The molecule has 0 aliphatic carbocycles. The summed E-state index contributed by atoms with van der Waals surface area (Å²) in [7, 11) is -1.09. The normalized spacial score (nSPS) is 11.4. The maximum absolute atomic E-state index is 12.9. The summed E-state index contributed by atoms with van der Waals surface area (Å²) < 4.78 is 31.5. The van der Waals surface area contributed by atoms with Gasteiger partial charge in [-0.3, -0.25) is 4.31 Å². The SMILES string of the molecule is COC(=O)c1ccccc1N(C)S(=O)(=O)c1ccc(C(C)C)cc1. The number of esters is 1. The molecule has 0 aliphatic heterocycles. The first-order chi connectivity index (χ1) is 11.3. The molecule has 2 aromatic rings. The Hall–Kier alpha value is -2.34. The number of nitrogens with zero attached hydrogens (tertiary/aromatic N) is 1. The van der Waals surface area contributed by atoms with Crippen LogP contribution in [0.25, 0.3) is 0 Å². The smallest absolute Gasteiger partial charge is 0.340 e. The molecule has 0 aromatic heterocycles. The first kappa shape index (κ1) is 18.0. The Morgan fingerprint density at radius 1 is 1.04 bits per heavy atom. The van der Waals surface area contributed by atoms with E-state index < -0.39 is 16.0 Å². The van der Waals surface area contributed by atoms with Crippen LogP contribution in [-0.4, -0.2) is 28.5 Å². The molecule has 5 nitrogen and oxygen atoms in total. The third-order valence-corrected chi connectivity index (χ3v) is 5.64. The van der Waals surface area contributed by atoms with Crippen LogP contribution in [0.1, 0.15) is 35.7 Å². The van der Waals surface area contributed by atoms with Gasteiger partial charge in [0, 0.05) is 7.05 Å². The molecule has 0 bridgehead atoms. The first-order valence-corrected chi connectivity index (χ1v) is 8.99. The van der Waals surface area contributed by atoms with Crippen molar-refractivity contribution < 1.29 is 17.9 Å². The molecule has 0 saturated heterocycles. The third-order valence-electron chi connectivity index (χ3n) is 3.85. The summed E-state index contributed by atoms with van der Waals surface area (Å²) in [6.07, 6.45) is 0. The second kappa shape index (κ2) is 7.05. The third kappa shape index (κ3) is 3.43. The van der Waals surface area contributed by atoms with Crippen LogP contribution in [0.5, 0.6) is 0 Å². The van der Waals surface area contributed by atoms with E-state index in [1.807, 2.05) is 13.8 Å². The Balaban J connectivity index is 2.45. The standard InChI is InChI=1S/C18H21NO4S/c1-13(2)14-9-11-15(12-10-14)24(21,22)19(3)17-8-6-5-7-16(17)18(20)23-4/h5-13H,1-4H3. The van der Waals surface area contributed by atoms with Crippen molar-refractivity contribution in [3.8, 4) is 0 Å². The van der Waals surface area contributed by atoms with Crippen LogP contribution in [0.15, 0.2) is 53.4 Å². The molecule has 24 heavy (non-hydrogen) atoms. The summed E-state index contributed by atoms with van der Waals surface area (Å²) in [5.74, 6) is -0.262. The maximum atomic E-state index is 12.9. The summed E-state index contributed by atoms with van der Waals surface area (Å²) >= 11 is 0. The van der Waals surface area contributed by atoms with E-state index in [1.54, 1.807) is 42.5 Å². The summed E-state index contributed by atoms with van der Waals surface area (Å²) in [6, 6.07) is 13.2. The molecule has 0 N–H and O–H groups in total. The number of sulfonamides is 1. The van der Waals surface area contributed by atoms with Gasteiger partial charge in [-0.1, -0.05) is 38.1 Å². The summed E-state index contributed by atoms with van der Waals surface area (Å²) in [5.41, 5.74) is 1.54. The molecule has 0 atom stereocenters. The van der Waals surface area contributed by atoms with Crippen LogP contribution >= 0.6 is 0 Å². The van der Waals surface area contributed by atoms with Crippen molar-refractivity contribution in [3.63, 3.8) is 0 Å². The molecular formula is C18H21NO4S. The lowest BCUT2D eigenvalue weighted by atomic mass is 10.0. The van der Waals surface area contributed by atoms with Crippen LogP contribution < -0.4 is 4.31 Å². The number of anilines is 1. The minimum absolute atomic E-state index is 0.175. The molecular weight excluding hydrogens is 326 g/mol. The molecule has 0 unspecified atom stereocenters. The van der Waals surface area contributed by atoms with Crippen LogP contribution in [0.2, 0.25) is 0 Å². The number of carbonyl (C=O) groups is 1. The lowest BCUT2D eigenvalue weighted by Gasteiger charge is -2.21. The molecule has 6 heteroatoms. The number of hydrogen-bond acceptors (Lipinski definition) is 4. The lowest BCUT2D eigenvalue weighted by Crippen LogP contribution is -2.28. The van der Waals surface area contributed by atoms with Gasteiger partial charge in [-0.05, 0) is 35.7 Å². The van der Waals surface area contributed by atoms with Gasteiger partial charge >= 0.3 is 5.97 Å². The predicted molar refractivity (Wildman–Crippen MR) is 93.9 cm³/mol. The van der Waals surface area contributed by atoms with Crippen molar-refractivity contribution in [3.05, 3.63) is 59.7 Å². The molecule has 0 saturated carbocycles. The van der Waals surface area contributed by atoms with Crippen LogP contribution in [0.4, 0.5) is 5.69 Å². The molecule has 0 aliphatic rings. The predicted octanol–water partition coefficient (Wildman–Crippen LogP) is 3.42. The molecule has 128 valence electrons. The minimum Gasteiger partial charge on any atom is -0.465 e. The molecule has 2 rings (SSSR count). The number of rotatable bonds is 5. The van der Waals surface area contributed by atoms with Gasteiger partial charge in [0.1, 0.15) is 0 Å². The second-order valence-corrected chi connectivity index (χ2v) is 7.67. The van der Waals surface area contributed by atoms with Gasteiger partial charge in [-0.15, -0.1) is 0 Å². The molecule has 0 radical (unpaired) electrons. The number of carbonyl (C=O) groups excluding carboxylic acids is 1. The van der Waals surface area contributed by atoms with Gasteiger partial charge in [0.2, 0.25) is 0 Å². The zero-order chi connectivity index (χ0) is 17.9. The van der Waals surface area contributed by atoms with Crippen LogP contribution in [-0.2, 0) is 14.8 Å². The molecule has 0 fully saturated rings. The molecule has 0 heterocycles. The van der Waals surface area contributed by atoms with Crippen molar-refractivity contribution in [2.75, 3.05) is 18.5 Å². The van der Waals surface area contributed by atoms with Crippen molar-refractivity contribution >= 4 is 21.7 Å². The number of methoxy groups -OCH3 is 1. The van der Waals surface area contributed by atoms with E-state index in [4.69, 9.17) is 4.74 Å². The second-order valence-electron chi connectivity index (χ2n) is 5.71. The largest absolute Gasteiger partial charge is 0.465 e. The van der Waals surface area contributed by atoms with E-state index in [-0.39, 0.29) is 16.1 Å². The fraction of sp³-hybridized carbons (Fsp3) is 0.278. The fourth-order valence-corrected chi connectivity index (χ4v) is 3.56. The molecule has 0 amide bonds. The first-order valence-electron chi connectivity index (χ1n) is 7.55. The Bertz CT molecular complexity index is 826. The van der Waals surface area contributed by atoms with Gasteiger partial charge in [-0.25, -0.2) is 13.2 Å². The van der Waals surface area contributed by atoms with Crippen molar-refractivity contribution in [1.29, 1.82) is 0 Å². The van der Waals surface area contributed by atoms with Crippen molar-refractivity contribution in [2.45, 2.75) is 24.7 Å². The highest BCUT2D eigenvalue weighted by Crippen LogP contribution is 2.27. The molecule has 2 aromatic carbocycles.